The summed E-state index contributed by atoms with van der Waals surface area (Å²) in [6.07, 6.45) is 6.20. The van der Waals surface area contributed by atoms with Crippen molar-refractivity contribution in [1.29, 1.82) is 0 Å². The van der Waals surface area contributed by atoms with Crippen LogP contribution in [-0.2, 0) is 4.79 Å². The molecule has 3 atom stereocenters. The Bertz CT molecular complexity index is 682. The van der Waals surface area contributed by atoms with Crippen LogP contribution in [0.2, 0.25) is 5.02 Å². The molecule has 29 heavy (non-hydrogen) atoms. The number of hydrogen-bond donors (Lipinski definition) is 3. The molecule has 0 heterocycles. The highest BCUT2D eigenvalue weighted by molar-refractivity contribution is 14.0. The van der Waals surface area contributed by atoms with Crippen molar-refractivity contribution in [1.82, 2.24) is 16.0 Å². The highest BCUT2D eigenvalue weighted by Crippen LogP contribution is 2.26. The Labute approximate surface area is 195 Å². The van der Waals surface area contributed by atoms with E-state index < -0.39 is 0 Å². The smallest absolute Gasteiger partial charge is 0.223 e. The van der Waals surface area contributed by atoms with Crippen molar-refractivity contribution in [3.05, 3.63) is 29.3 Å². The van der Waals surface area contributed by atoms with Crippen LogP contribution in [0.4, 0.5) is 0 Å². The fraction of sp³-hybridized carbons (Fsp3) is 0.619. The molecule has 0 aromatic heterocycles. The zero-order valence-corrected chi connectivity index (χ0v) is 20.2. The van der Waals surface area contributed by atoms with Gasteiger partial charge in [-0.15, -0.1) is 24.0 Å². The normalized spacial score (nSPS) is 22.8. The first-order valence-electron chi connectivity index (χ1n) is 10.2. The minimum absolute atomic E-state index is 0. The van der Waals surface area contributed by atoms with E-state index in [1.165, 1.54) is 0 Å². The number of carbonyl (C=O) groups excluding carboxylic acids is 1. The lowest BCUT2D eigenvalue weighted by Crippen LogP contribution is -2.48. The number of nitrogens with one attached hydrogen (secondary N) is 3. The fourth-order valence-electron chi connectivity index (χ4n) is 3.52. The summed E-state index contributed by atoms with van der Waals surface area (Å²) in [6, 6.07) is 8.05. The topological polar surface area (TPSA) is 74.8 Å². The minimum atomic E-state index is -0.0249. The first-order valence-corrected chi connectivity index (χ1v) is 10.6. The van der Waals surface area contributed by atoms with E-state index in [1.54, 1.807) is 7.05 Å². The summed E-state index contributed by atoms with van der Waals surface area (Å²) < 4.78 is 5.89. The molecule has 3 N–H and O–H groups in total. The summed E-state index contributed by atoms with van der Waals surface area (Å²) in [5, 5.41) is 10.6. The largest absolute Gasteiger partial charge is 0.489 e. The van der Waals surface area contributed by atoms with E-state index in [0.717, 1.165) is 50.2 Å². The average molecular weight is 535 g/mol. The summed E-state index contributed by atoms with van der Waals surface area (Å²) in [5.74, 6) is 1.87. The van der Waals surface area contributed by atoms with Crippen molar-refractivity contribution in [3.8, 4) is 5.75 Å². The summed E-state index contributed by atoms with van der Waals surface area (Å²) in [6.45, 7) is 2.63. The molecule has 2 aliphatic rings. The summed E-state index contributed by atoms with van der Waals surface area (Å²) >= 11 is 5.90. The van der Waals surface area contributed by atoms with Gasteiger partial charge in [0.2, 0.25) is 5.91 Å². The van der Waals surface area contributed by atoms with Crippen molar-refractivity contribution in [2.45, 2.75) is 63.6 Å². The second-order valence-corrected chi connectivity index (χ2v) is 8.26. The Morgan fingerprint density at radius 1 is 1.17 bits per heavy atom. The van der Waals surface area contributed by atoms with Crippen LogP contribution < -0.4 is 20.7 Å². The SMILES string of the molecule is CN=C(NCC(C)Oc1ccc(Cl)cc1)NC1CCCC(C(=O)NC2CC2)C1.I. The van der Waals surface area contributed by atoms with Crippen molar-refractivity contribution in [2.75, 3.05) is 13.6 Å². The van der Waals surface area contributed by atoms with E-state index in [4.69, 9.17) is 16.3 Å². The van der Waals surface area contributed by atoms with Gasteiger partial charge in [-0.2, -0.15) is 0 Å². The van der Waals surface area contributed by atoms with Crippen molar-refractivity contribution < 1.29 is 9.53 Å². The van der Waals surface area contributed by atoms with Crippen LogP contribution >= 0.6 is 35.6 Å². The molecule has 8 heteroatoms. The number of ether oxygens (including phenoxy) is 1. The number of carbonyl (C=O) groups is 1. The van der Waals surface area contributed by atoms with E-state index in [9.17, 15) is 4.79 Å². The van der Waals surface area contributed by atoms with E-state index in [0.29, 0.717) is 17.6 Å². The fourth-order valence-corrected chi connectivity index (χ4v) is 3.65. The molecule has 1 aromatic carbocycles. The quantitative estimate of drug-likeness (QED) is 0.283. The lowest BCUT2D eigenvalue weighted by molar-refractivity contribution is -0.126. The van der Waals surface area contributed by atoms with E-state index in [1.807, 2.05) is 31.2 Å². The first kappa shape index (κ1) is 24.1. The van der Waals surface area contributed by atoms with Gasteiger partial charge in [-0.25, -0.2) is 0 Å². The summed E-state index contributed by atoms with van der Waals surface area (Å²) in [4.78, 5) is 16.7. The predicted molar refractivity (Wildman–Crippen MR) is 128 cm³/mol. The van der Waals surface area contributed by atoms with Crippen molar-refractivity contribution in [2.24, 2.45) is 10.9 Å². The second kappa shape index (κ2) is 11.8. The van der Waals surface area contributed by atoms with Gasteiger partial charge in [0.15, 0.2) is 5.96 Å². The van der Waals surface area contributed by atoms with Gasteiger partial charge in [-0.1, -0.05) is 18.0 Å². The van der Waals surface area contributed by atoms with Gasteiger partial charge < -0.3 is 20.7 Å². The third-order valence-electron chi connectivity index (χ3n) is 5.24. The Morgan fingerprint density at radius 2 is 1.90 bits per heavy atom. The summed E-state index contributed by atoms with van der Waals surface area (Å²) in [5.41, 5.74) is 0. The molecule has 3 unspecified atom stereocenters. The van der Waals surface area contributed by atoms with Crippen LogP contribution in [0.25, 0.3) is 0 Å². The highest BCUT2D eigenvalue weighted by atomic mass is 127. The first-order chi connectivity index (χ1) is 13.5. The van der Waals surface area contributed by atoms with E-state index >= 15 is 0 Å². The van der Waals surface area contributed by atoms with Gasteiger partial charge in [-0.3, -0.25) is 9.79 Å². The van der Waals surface area contributed by atoms with Crippen LogP contribution in [-0.4, -0.2) is 43.6 Å². The number of rotatable bonds is 7. The number of guanidine groups is 1. The number of halogens is 2. The molecular formula is C21H32ClIN4O2. The van der Waals surface area contributed by atoms with Gasteiger partial charge in [-0.05, 0) is 63.3 Å². The lowest BCUT2D eigenvalue weighted by Gasteiger charge is -2.30. The lowest BCUT2D eigenvalue weighted by atomic mass is 9.85. The Kier molecular flexibility index (Phi) is 9.82. The van der Waals surface area contributed by atoms with Gasteiger partial charge in [0.25, 0.3) is 0 Å². The maximum atomic E-state index is 12.3. The molecule has 0 saturated heterocycles. The van der Waals surface area contributed by atoms with Crippen LogP contribution in [0.15, 0.2) is 29.3 Å². The van der Waals surface area contributed by atoms with Gasteiger partial charge in [0, 0.05) is 30.1 Å². The van der Waals surface area contributed by atoms with E-state index in [2.05, 4.69) is 20.9 Å². The zero-order chi connectivity index (χ0) is 19.9. The summed E-state index contributed by atoms with van der Waals surface area (Å²) in [7, 11) is 1.76. The predicted octanol–water partition coefficient (Wildman–Crippen LogP) is 3.73. The second-order valence-electron chi connectivity index (χ2n) is 7.82. The standard InChI is InChI=1S/C21H31ClN4O2.HI/c1-14(28-19-10-6-16(22)7-11-19)13-24-21(23-2)26-18-5-3-4-15(12-18)20(27)25-17-8-9-17;/h6-7,10-11,14-15,17-18H,3-5,8-9,12-13H2,1-2H3,(H,25,27)(H2,23,24,26);1H. The molecular weight excluding hydrogens is 503 g/mol. The van der Waals surface area contributed by atoms with Crippen LogP contribution in [0.3, 0.4) is 0 Å². The number of amides is 1. The van der Waals surface area contributed by atoms with Gasteiger partial charge in [0.1, 0.15) is 11.9 Å². The number of hydrogen-bond acceptors (Lipinski definition) is 3. The van der Waals surface area contributed by atoms with Crippen LogP contribution in [0, 0.1) is 5.92 Å². The van der Waals surface area contributed by atoms with Crippen LogP contribution in [0.1, 0.15) is 45.4 Å². The molecule has 0 aliphatic heterocycles. The molecule has 162 valence electrons. The number of aliphatic imine (C=N–C) groups is 1. The molecule has 1 amide bonds. The molecule has 2 saturated carbocycles. The van der Waals surface area contributed by atoms with Crippen molar-refractivity contribution >= 4 is 47.4 Å². The third kappa shape index (κ3) is 8.20. The Morgan fingerprint density at radius 3 is 2.55 bits per heavy atom. The molecule has 6 nitrogen and oxygen atoms in total. The van der Waals surface area contributed by atoms with Gasteiger partial charge in [0.05, 0.1) is 6.54 Å². The van der Waals surface area contributed by atoms with E-state index in [-0.39, 0.29) is 47.9 Å². The molecule has 0 bridgehead atoms. The average Bonchev–Trinajstić information content (AvgIpc) is 3.51. The molecule has 0 radical (unpaired) electrons. The molecule has 0 spiro atoms. The maximum Gasteiger partial charge on any atom is 0.223 e. The molecule has 1 aromatic rings. The molecule has 2 aliphatic carbocycles. The van der Waals surface area contributed by atoms with Crippen LogP contribution in [0.5, 0.6) is 5.75 Å². The molecule has 2 fully saturated rings. The Hall–Kier alpha value is -1.22. The number of benzene rings is 1. The van der Waals surface area contributed by atoms with Gasteiger partial charge >= 0.3 is 0 Å². The highest BCUT2D eigenvalue weighted by Gasteiger charge is 2.31. The maximum absolute atomic E-state index is 12.3. The molecule has 3 rings (SSSR count). The van der Waals surface area contributed by atoms with Crippen molar-refractivity contribution in [3.63, 3.8) is 0 Å². The Balaban J connectivity index is 0.00000300. The monoisotopic (exact) mass is 534 g/mol. The third-order valence-corrected chi connectivity index (χ3v) is 5.49. The zero-order valence-electron chi connectivity index (χ0n) is 17.1. The number of nitrogens with zero attached hydrogens (tertiary/aromatic N) is 1. The minimum Gasteiger partial charge on any atom is -0.489 e.